The Morgan fingerprint density at radius 2 is 1.50 bits per heavy atom. The zero-order chi connectivity index (χ0) is 16.5. The van der Waals surface area contributed by atoms with Crippen molar-refractivity contribution in [1.82, 2.24) is 8.61 Å². The van der Waals surface area contributed by atoms with Gasteiger partial charge in [0.1, 0.15) is 0 Å². The lowest BCUT2D eigenvalue weighted by Crippen LogP contribution is -2.50. The van der Waals surface area contributed by atoms with Crippen molar-refractivity contribution in [3.05, 3.63) is 29.3 Å². The van der Waals surface area contributed by atoms with Gasteiger partial charge in [-0.15, -0.1) is 0 Å². The Bertz CT molecular complexity index is 749. The van der Waals surface area contributed by atoms with E-state index in [2.05, 4.69) is 0 Å². The van der Waals surface area contributed by atoms with Crippen molar-refractivity contribution in [2.45, 2.75) is 25.7 Å². The summed E-state index contributed by atoms with van der Waals surface area (Å²) >= 11 is 0. The van der Waals surface area contributed by atoms with Crippen molar-refractivity contribution in [3.8, 4) is 0 Å². The molecule has 0 aliphatic carbocycles. The largest absolute Gasteiger partial charge is 0.243 e. The first-order chi connectivity index (χ1) is 10.2. The van der Waals surface area contributed by atoms with Crippen LogP contribution in [0.1, 0.15) is 18.1 Å². The molecule has 0 unspecified atom stereocenters. The maximum Gasteiger partial charge on any atom is 0.243 e. The predicted octanol–water partition coefficient (Wildman–Crippen LogP) is 0.959. The van der Waals surface area contributed by atoms with Gasteiger partial charge in [-0.05, 0) is 32.4 Å². The van der Waals surface area contributed by atoms with Crippen molar-refractivity contribution in [1.29, 1.82) is 0 Å². The van der Waals surface area contributed by atoms with Gasteiger partial charge in [-0.2, -0.15) is 8.61 Å². The minimum Gasteiger partial charge on any atom is -0.212 e. The molecule has 1 aromatic rings. The molecule has 1 fully saturated rings. The number of benzene rings is 1. The highest BCUT2D eigenvalue weighted by atomic mass is 32.2. The fourth-order valence-corrected chi connectivity index (χ4v) is 5.31. The van der Waals surface area contributed by atoms with Gasteiger partial charge in [0.25, 0.3) is 0 Å². The molecule has 22 heavy (non-hydrogen) atoms. The van der Waals surface area contributed by atoms with E-state index in [4.69, 9.17) is 0 Å². The van der Waals surface area contributed by atoms with E-state index in [9.17, 15) is 16.8 Å². The summed E-state index contributed by atoms with van der Waals surface area (Å²) in [4.78, 5) is 0.296. The lowest BCUT2D eigenvalue weighted by molar-refractivity contribution is 0.273. The Balaban J connectivity index is 2.20. The first-order valence-corrected chi connectivity index (χ1v) is 10.3. The fourth-order valence-electron chi connectivity index (χ4n) is 2.60. The van der Waals surface area contributed by atoms with Crippen LogP contribution in [0.15, 0.2) is 23.1 Å². The van der Waals surface area contributed by atoms with Crippen LogP contribution in [0.5, 0.6) is 0 Å². The highest BCUT2D eigenvalue weighted by Crippen LogP contribution is 2.22. The third-order valence-corrected chi connectivity index (χ3v) is 7.84. The molecule has 1 heterocycles. The van der Waals surface area contributed by atoms with Crippen LogP contribution in [-0.2, 0) is 20.0 Å². The van der Waals surface area contributed by atoms with Gasteiger partial charge in [0.05, 0.1) is 10.6 Å². The molecule has 2 rings (SSSR count). The zero-order valence-electron chi connectivity index (χ0n) is 13.1. The first kappa shape index (κ1) is 17.4. The Morgan fingerprint density at radius 3 is 2.00 bits per heavy atom. The molecule has 1 aliphatic heterocycles. The van der Waals surface area contributed by atoms with E-state index < -0.39 is 20.0 Å². The van der Waals surface area contributed by atoms with Crippen LogP contribution in [0.25, 0.3) is 0 Å². The van der Waals surface area contributed by atoms with Gasteiger partial charge >= 0.3 is 0 Å². The first-order valence-electron chi connectivity index (χ1n) is 7.23. The number of rotatable bonds is 4. The molecular formula is C14H22N2O4S2. The van der Waals surface area contributed by atoms with E-state index in [-0.39, 0.29) is 31.9 Å². The minimum atomic E-state index is -3.57. The van der Waals surface area contributed by atoms with Crippen molar-refractivity contribution in [2.24, 2.45) is 0 Å². The molecule has 1 saturated heterocycles. The number of hydrogen-bond acceptors (Lipinski definition) is 4. The quantitative estimate of drug-likeness (QED) is 0.814. The van der Waals surface area contributed by atoms with E-state index in [1.165, 1.54) is 8.61 Å². The van der Waals surface area contributed by atoms with Gasteiger partial charge in [0, 0.05) is 26.2 Å². The predicted molar refractivity (Wildman–Crippen MR) is 85.7 cm³/mol. The van der Waals surface area contributed by atoms with Crippen LogP contribution < -0.4 is 0 Å². The lowest BCUT2D eigenvalue weighted by Gasteiger charge is -2.33. The van der Waals surface area contributed by atoms with Gasteiger partial charge < -0.3 is 0 Å². The molecular weight excluding hydrogens is 324 g/mol. The van der Waals surface area contributed by atoms with E-state index in [1.807, 2.05) is 13.0 Å². The van der Waals surface area contributed by atoms with Crippen LogP contribution in [-0.4, -0.2) is 57.4 Å². The Hall–Kier alpha value is -0.960. The van der Waals surface area contributed by atoms with E-state index in [1.54, 1.807) is 26.0 Å². The summed E-state index contributed by atoms with van der Waals surface area (Å²) in [5, 5.41) is 0. The van der Waals surface area contributed by atoms with Crippen molar-refractivity contribution >= 4 is 20.0 Å². The average molecular weight is 346 g/mol. The summed E-state index contributed by atoms with van der Waals surface area (Å²) in [7, 11) is -6.83. The van der Waals surface area contributed by atoms with Crippen LogP contribution in [0.4, 0.5) is 0 Å². The Labute approximate surface area is 132 Å². The van der Waals surface area contributed by atoms with Gasteiger partial charge in [-0.25, -0.2) is 16.8 Å². The third kappa shape index (κ3) is 3.34. The summed E-state index contributed by atoms with van der Waals surface area (Å²) < 4.78 is 51.8. The second-order valence-corrected chi connectivity index (χ2v) is 9.64. The normalized spacial score (nSPS) is 18.5. The maximum atomic E-state index is 12.7. The van der Waals surface area contributed by atoms with Crippen LogP contribution in [0.2, 0.25) is 0 Å². The summed E-state index contributed by atoms with van der Waals surface area (Å²) in [6.07, 6.45) is 0. The second-order valence-electron chi connectivity index (χ2n) is 5.47. The summed E-state index contributed by atoms with van der Waals surface area (Å²) in [6.45, 7) is 6.08. The Morgan fingerprint density at radius 1 is 0.955 bits per heavy atom. The number of sulfonamides is 2. The average Bonchev–Trinajstić information content (AvgIpc) is 2.47. The number of aryl methyl sites for hydroxylation is 2. The number of hydrogen-bond donors (Lipinski definition) is 0. The lowest BCUT2D eigenvalue weighted by atomic mass is 10.2. The zero-order valence-corrected chi connectivity index (χ0v) is 14.7. The van der Waals surface area contributed by atoms with Gasteiger partial charge in [-0.1, -0.05) is 17.7 Å². The molecule has 0 N–H and O–H groups in total. The summed E-state index contributed by atoms with van der Waals surface area (Å²) in [5.41, 5.74) is 1.72. The molecule has 8 heteroatoms. The monoisotopic (exact) mass is 346 g/mol. The highest BCUT2D eigenvalue weighted by Gasteiger charge is 2.32. The van der Waals surface area contributed by atoms with Crippen LogP contribution >= 0.6 is 0 Å². The van der Waals surface area contributed by atoms with Gasteiger partial charge in [-0.3, -0.25) is 0 Å². The third-order valence-electron chi connectivity index (χ3n) is 3.90. The topological polar surface area (TPSA) is 74.8 Å². The Kier molecular flexibility index (Phi) is 4.96. The molecule has 0 atom stereocenters. The van der Waals surface area contributed by atoms with Crippen LogP contribution in [0, 0.1) is 13.8 Å². The SMILES string of the molecule is CCS(=O)(=O)N1CCN(S(=O)(=O)c2ccc(C)cc2C)CC1. The molecule has 0 saturated carbocycles. The van der Waals surface area contributed by atoms with Crippen molar-refractivity contribution < 1.29 is 16.8 Å². The molecule has 6 nitrogen and oxygen atoms in total. The van der Waals surface area contributed by atoms with Gasteiger partial charge in [0.2, 0.25) is 20.0 Å². The molecule has 0 amide bonds. The van der Waals surface area contributed by atoms with Crippen LogP contribution in [0.3, 0.4) is 0 Å². The molecule has 124 valence electrons. The van der Waals surface area contributed by atoms with Crippen molar-refractivity contribution in [2.75, 3.05) is 31.9 Å². The highest BCUT2D eigenvalue weighted by molar-refractivity contribution is 7.89. The van der Waals surface area contributed by atoms with Crippen molar-refractivity contribution in [3.63, 3.8) is 0 Å². The molecule has 1 aromatic carbocycles. The minimum absolute atomic E-state index is 0.0385. The fraction of sp³-hybridized carbons (Fsp3) is 0.571. The van der Waals surface area contributed by atoms with Gasteiger partial charge in [0.15, 0.2) is 0 Å². The standard InChI is InChI=1S/C14H22N2O4S2/c1-4-21(17,18)15-7-9-16(10-8-15)22(19,20)14-6-5-12(2)11-13(14)3/h5-6,11H,4,7-10H2,1-3H3. The molecule has 0 bridgehead atoms. The number of piperazine rings is 1. The van der Waals surface area contributed by atoms with E-state index in [0.717, 1.165) is 5.56 Å². The number of nitrogens with zero attached hydrogens (tertiary/aromatic N) is 2. The molecule has 1 aliphatic rings. The second kappa shape index (κ2) is 6.27. The molecule has 0 aromatic heterocycles. The van der Waals surface area contributed by atoms with E-state index >= 15 is 0 Å². The summed E-state index contributed by atoms with van der Waals surface area (Å²) in [5.74, 6) is 0.0385. The smallest absolute Gasteiger partial charge is 0.212 e. The molecule has 0 radical (unpaired) electrons. The van der Waals surface area contributed by atoms with E-state index in [0.29, 0.717) is 10.5 Å². The maximum absolute atomic E-state index is 12.7. The summed E-state index contributed by atoms with van der Waals surface area (Å²) in [6, 6.07) is 5.23. The molecule has 0 spiro atoms.